The molecule has 3 nitrogen and oxygen atoms in total. The number of nitrogens with zero attached hydrogens (tertiary/aromatic N) is 1. The summed E-state index contributed by atoms with van der Waals surface area (Å²) in [6, 6.07) is 4.56. The van der Waals surface area contributed by atoms with Crippen molar-refractivity contribution in [2.24, 2.45) is 0 Å². The molecule has 1 amide bonds. The first-order valence-corrected chi connectivity index (χ1v) is 5.89. The Bertz CT molecular complexity index is 482. The van der Waals surface area contributed by atoms with E-state index in [1.807, 2.05) is 6.08 Å². The number of phenols is 1. The highest BCUT2D eigenvalue weighted by Crippen LogP contribution is 2.24. The van der Waals surface area contributed by atoms with E-state index in [0.29, 0.717) is 23.7 Å². The molecule has 4 heteroatoms. The van der Waals surface area contributed by atoms with E-state index >= 15 is 0 Å². The van der Waals surface area contributed by atoms with Crippen molar-refractivity contribution in [2.75, 3.05) is 13.1 Å². The van der Waals surface area contributed by atoms with E-state index in [2.05, 4.69) is 6.92 Å². The van der Waals surface area contributed by atoms with E-state index in [-0.39, 0.29) is 11.7 Å². The van der Waals surface area contributed by atoms with Crippen LogP contribution < -0.4 is 0 Å². The van der Waals surface area contributed by atoms with Crippen LogP contribution in [0, 0.1) is 0 Å². The van der Waals surface area contributed by atoms with Gasteiger partial charge in [-0.2, -0.15) is 0 Å². The van der Waals surface area contributed by atoms with Crippen molar-refractivity contribution < 1.29 is 9.90 Å². The van der Waals surface area contributed by atoms with Crippen LogP contribution in [0.5, 0.6) is 5.75 Å². The first-order valence-electron chi connectivity index (χ1n) is 5.51. The summed E-state index contributed by atoms with van der Waals surface area (Å²) in [6.45, 7) is 3.36. The number of hydrogen-bond donors (Lipinski definition) is 1. The molecule has 1 heterocycles. The largest absolute Gasteiger partial charge is 0.507 e. The van der Waals surface area contributed by atoms with E-state index in [1.165, 1.54) is 11.6 Å². The summed E-state index contributed by atoms with van der Waals surface area (Å²) in [5.41, 5.74) is 1.61. The van der Waals surface area contributed by atoms with Crippen LogP contribution in [0.3, 0.4) is 0 Å². The van der Waals surface area contributed by atoms with Gasteiger partial charge in [0.2, 0.25) is 0 Å². The first kappa shape index (κ1) is 12.0. The summed E-state index contributed by atoms with van der Waals surface area (Å²) < 4.78 is 0. The van der Waals surface area contributed by atoms with Crippen molar-refractivity contribution in [3.63, 3.8) is 0 Å². The van der Waals surface area contributed by atoms with Gasteiger partial charge in [0, 0.05) is 18.1 Å². The summed E-state index contributed by atoms with van der Waals surface area (Å²) in [5.74, 6) is -0.211. The molecule has 0 radical (unpaired) electrons. The van der Waals surface area contributed by atoms with Crippen LogP contribution in [0.4, 0.5) is 0 Å². The van der Waals surface area contributed by atoms with Crippen molar-refractivity contribution >= 4 is 17.5 Å². The highest BCUT2D eigenvalue weighted by Gasteiger charge is 2.20. The Balaban J connectivity index is 2.20. The number of hydrogen-bond acceptors (Lipinski definition) is 2. The summed E-state index contributed by atoms with van der Waals surface area (Å²) in [6.07, 6.45) is 2.93. The molecule has 0 spiro atoms. The van der Waals surface area contributed by atoms with Crippen molar-refractivity contribution in [3.8, 4) is 5.75 Å². The lowest BCUT2D eigenvalue weighted by molar-refractivity contribution is 0.0766. The number of rotatable bonds is 1. The van der Waals surface area contributed by atoms with Crippen molar-refractivity contribution in [1.82, 2.24) is 4.90 Å². The summed E-state index contributed by atoms with van der Waals surface area (Å²) in [7, 11) is 0. The Hall–Kier alpha value is -1.48. The monoisotopic (exact) mass is 251 g/mol. The molecule has 90 valence electrons. The topological polar surface area (TPSA) is 40.5 Å². The van der Waals surface area contributed by atoms with Crippen LogP contribution in [0.25, 0.3) is 0 Å². The number of amides is 1. The van der Waals surface area contributed by atoms with E-state index in [0.717, 1.165) is 6.42 Å². The lowest BCUT2D eigenvalue weighted by atomic mass is 10.1. The minimum atomic E-state index is -0.150. The molecule has 0 atom stereocenters. The molecule has 1 N–H and O–H groups in total. The van der Waals surface area contributed by atoms with E-state index in [4.69, 9.17) is 11.6 Å². The summed E-state index contributed by atoms with van der Waals surface area (Å²) in [4.78, 5) is 13.9. The average molecular weight is 252 g/mol. The van der Waals surface area contributed by atoms with Crippen LogP contribution in [0.1, 0.15) is 23.7 Å². The van der Waals surface area contributed by atoms with Gasteiger partial charge in [0.25, 0.3) is 5.91 Å². The lowest BCUT2D eigenvalue weighted by Gasteiger charge is -2.25. The fourth-order valence-corrected chi connectivity index (χ4v) is 1.98. The summed E-state index contributed by atoms with van der Waals surface area (Å²) >= 11 is 5.73. The van der Waals surface area contributed by atoms with Crippen LogP contribution in [-0.2, 0) is 0 Å². The minimum absolute atomic E-state index is 0.0613. The molecular formula is C13H14ClNO2. The van der Waals surface area contributed by atoms with Gasteiger partial charge in [0.15, 0.2) is 0 Å². The third kappa shape index (κ3) is 2.61. The normalized spacial score (nSPS) is 15.6. The predicted molar refractivity (Wildman–Crippen MR) is 67.4 cm³/mol. The van der Waals surface area contributed by atoms with Crippen LogP contribution in [0.2, 0.25) is 5.02 Å². The van der Waals surface area contributed by atoms with E-state index in [9.17, 15) is 9.90 Å². The zero-order valence-corrected chi connectivity index (χ0v) is 10.4. The fraction of sp³-hybridized carbons (Fsp3) is 0.308. The van der Waals surface area contributed by atoms with Crippen LogP contribution >= 0.6 is 11.6 Å². The molecule has 0 fully saturated rings. The highest BCUT2D eigenvalue weighted by molar-refractivity contribution is 6.30. The van der Waals surface area contributed by atoms with Crippen LogP contribution in [-0.4, -0.2) is 29.0 Å². The Morgan fingerprint density at radius 1 is 1.47 bits per heavy atom. The van der Waals surface area contributed by atoms with Crippen molar-refractivity contribution in [1.29, 1.82) is 0 Å². The van der Waals surface area contributed by atoms with Gasteiger partial charge in [-0.3, -0.25) is 4.79 Å². The number of benzene rings is 1. The second-order valence-electron chi connectivity index (χ2n) is 4.21. The molecule has 0 bridgehead atoms. The SMILES string of the molecule is CC1=CCN(C(=O)c2ccc(Cl)cc2O)CC1. The molecule has 1 aromatic carbocycles. The fourth-order valence-electron chi connectivity index (χ4n) is 1.81. The number of carbonyl (C=O) groups excluding carboxylic acids is 1. The third-order valence-corrected chi connectivity index (χ3v) is 3.15. The zero-order valence-electron chi connectivity index (χ0n) is 9.61. The highest BCUT2D eigenvalue weighted by atomic mass is 35.5. The Kier molecular flexibility index (Phi) is 3.38. The van der Waals surface area contributed by atoms with Crippen molar-refractivity contribution in [3.05, 3.63) is 40.4 Å². The molecule has 0 aromatic heterocycles. The molecule has 17 heavy (non-hydrogen) atoms. The standard InChI is InChI=1S/C13H14ClNO2/c1-9-4-6-15(7-5-9)13(17)11-3-2-10(14)8-12(11)16/h2-4,8,16H,5-7H2,1H3. The number of carbonyl (C=O) groups is 1. The molecule has 0 unspecified atom stereocenters. The maximum Gasteiger partial charge on any atom is 0.257 e. The molecule has 2 rings (SSSR count). The third-order valence-electron chi connectivity index (χ3n) is 2.91. The smallest absolute Gasteiger partial charge is 0.257 e. The quantitative estimate of drug-likeness (QED) is 0.780. The van der Waals surface area contributed by atoms with E-state index < -0.39 is 0 Å². The number of phenolic OH excluding ortho intramolecular Hbond substituents is 1. The average Bonchev–Trinajstić information content (AvgIpc) is 2.29. The van der Waals surface area contributed by atoms with Gasteiger partial charge in [0.05, 0.1) is 5.56 Å². The maximum absolute atomic E-state index is 12.1. The molecular weight excluding hydrogens is 238 g/mol. The molecule has 1 aliphatic heterocycles. The molecule has 1 aliphatic rings. The second kappa shape index (κ2) is 4.80. The maximum atomic E-state index is 12.1. The second-order valence-corrected chi connectivity index (χ2v) is 4.65. The Morgan fingerprint density at radius 2 is 2.24 bits per heavy atom. The molecule has 0 saturated carbocycles. The Morgan fingerprint density at radius 3 is 2.82 bits per heavy atom. The predicted octanol–water partition coefficient (Wildman–Crippen LogP) is 2.84. The Labute approximate surface area is 105 Å². The van der Waals surface area contributed by atoms with Gasteiger partial charge in [-0.05, 0) is 31.5 Å². The van der Waals surface area contributed by atoms with Gasteiger partial charge < -0.3 is 10.0 Å². The van der Waals surface area contributed by atoms with Crippen molar-refractivity contribution in [2.45, 2.75) is 13.3 Å². The van der Waals surface area contributed by atoms with Gasteiger partial charge in [-0.1, -0.05) is 23.3 Å². The van der Waals surface area contributed by atoms with Gasteiger partial charge in [0.1, 0.15) is 5.75 Å². The molecule has 0 saturated heterocycles. The molecule has 1 aromatic rings. The zero-order chi connectivity index (χ0) is 12.4. The first-order chi connectivity index (χ1) is 8.08. The van der Waals surface area contributed by atoms with E-state index in [1.54, 1.807) is 17.0 Å². The number of halogens is 1. The lowest BCUT2D eigenvalue weighted by Crippen LogP contribution is -2.34. The van der Waals surface area contributed by atoms with Gasteiger partial charge in [-0.25, -0.2) is 0 Å². The minimum Gasteiger partial charge on any atom is -0.507 e. The van der Waals surface area contributed by atoms with Crippen LogP contribution in [0.15, 0.2) is 29.8 Å². The number of aromatic hydroxyl groups is 1. The molecule has 0 aliphatic carbocycles. The van der Waals surface area contributed by atoms with Gasteiger partial charge in [-0.15, -0.1) is 0 Å². The van der Waals surface area contributed by atoms with Gasteiger partial charge >= 0.3 is 0 Å². The summed E-state index contributed by atoms with van der Waals surface area (Å²) in [5, 5.41) is 10.1.